The molecule has 27 heavy (non-hydrogen) atoms. The smallest absolute Gasteiger partial charge is 0.222 e. The Balaban J connectivity index is 1.17. The molecule has 0 radical (unpaired) electrons. The fourth-order valence-corrected chi connectivity index (χ4v) is 5.86. The number of amides is 1. The molecular weight excluding hydrogens is 356 g/mol. The van der Waals surface area contributed by atoms with Crippen LogP contribution in [0.3, 0.4) is 0 Å². The van der Waals surface area contributed by atoms with Crippen molar-refractivity contribution < 1.29 is 9.53 Å². The second-order valence-electron chi connectivity index (χ2n) is 8.51. The highest BCUT2D eigenvalue weighted by molar-refractivity contribution is 7.12. The maximum absolute atomic E-state index is 12.2. The molecule has 150 valence electrons. The molecule has 0 aliphatic carbocycles. The second-order valence-corrected chi connectivity index (χ2v) is 9.71. The number of likely N-dealkylation sites (tertiary alicyclic amines) is 2. The van der Waals surface area contributed by atoms with E-state index in [0.29, 0.717) is 12.0 Å². The van der Waals surface area contributed by atoms with E-state index in [1.807, 2.05) is 11.3 Å². The van der Waals surface area contributed by atoms with Gasteiger partial charge in [0.15, 0.2) is 0 Å². The molecule has 1 aromatic heterocycles. The summed E-state index contributed by atoms with van der Waals surface area (Å²) in [5.41, 5.74) is 0. The molecule has 3 aliphatic heterocycles. The molecule has 1 unspecified atom stereocenters. The molecule has 0 aromatic carbocycles. The van der Waals surface area contributed by atoms with Gasteiger partial charge in [0.05, 0.1) is 6.10 Å². The zero-order valence-corrected chi connectivity index (χ0v) is 17.4. The Bertz CT molecular complexity index is 597. The molecule has 1 atom stereocenters. The number of piperidine rings is 1. The van der Waals surface area contributed by atoms with Gasteiger partial charge in [-0.3, -0.25) is 9.69 Å². The number of rotatable bonds is 6. The summed E-state index contributed by atoms with van der Waals surface area (Å²) in [5.74, 6) is 1.13. The van der Waals surface area contributed by atoms with Crippen LogP contribution in [0.25, 0.3) is 0 Å². The van der Waals surface area contributed by atoms with Crippen LogP contribution in [-0.2, 0) is 16.1 Å². The summed E-state index contributed by atoms with van der Waals surface area (Å²) >= 11 is 1.95. The Morgan fingerprint density at radius 2 is 1.85 bits per heavy atom. The minimum Gasteiger partial charge on any atom is -0.373 e. The monoisotopic (exact) mass is 390 g/mol. The molecule has 5 heteroatoms. The fourth-order valence-electron chi connectivity index (χ4n) is 4.72. The van der Waals surface area contributed by atoms with Crippen LogP contribution < -0.4 is 0 Å². The quantitative estimate of drug-likeness (QED) is 0.711. The van der Waals surface area contributed by atoms with Crippen molar-refractivity contribution >= 4 is 17.2 Å². The maximum atomic E-state index is 12.2. The number of hydrogen-bond acceptors (Lipinski definition) is 4. The number of carbonyl (C=O) groups is 1. The molecule has 0 saturated carbocycles. The van der Waals surface area contributed by atoms with Crippen molar-refractivity contribution in [3.63, 3.8) is 0 Å². The highest BCUT2D eigenvalue weighted by Gasteiger charge is 2.23. The van der Waals surface area contributed by atoms with E-state index in [9.17, 15) is 4.79 Å². The Morgan fingerprint density at radius 1 is 1.04 bits per heavy atom. The Kier molecular flexibility index (Phi) is 6.85. The summed E-state index contributed by atoms with van der Waals surface area (Å²) < 4.78 is 5.93. The minimum atomic E-state index is 0.344. The first-order chi connectivity index (χ1) is 13.3. The van der Waals surface area contributed by atoms with E-state index in [-0.39, 0.29) is 0 Å². The Morgan fingerprint density at radius 3 is 2.59 bits per heavy atom. The van der Waals surface area contributed by atoms with Crippen LogP contribution >= 0.6 is 11.3 Å². The third kappa shape index (κ3) is 5.33. The first-order valence-electron chi connectivity index (χ1n) is 11.0. The lowest BCUT2D eigenvalue weighted by atomic mass is 9.92. The zero-order valence-electron chi connectivity index (χ0n) is 16.5. The van der Waals surface area contributed by atoms with Crippen molar-refractivity contribution in [3.8, 4) is 0 Å². The van der Waals surface area contributed by atoms with E-state index in [1.54, 1.807) is 0 Å². The molecule has 0 N–H and O–H groups in total. The third-order valence-electron chi connectivity index (χ3n) is 6.49. The van der Waals surface area contributed by atoms with Crippen molar-refractivity contribution in [2.75, 3.05) is 32.8 Å². The summed E-state index contributed by atoms with van der Waals surface area (Å²) in [4.78, 5) is 19.8. The first-order valence-corrected chi connectivity index (χ1v) is 11.8. The Labute approximate surface area is 167 Å². The van der Waals surface area contributed by atoms with Gasteiger partial charge >= 0.3 is 0 Å². The van der Waals surface area contributed by atoms with Crippen molar-refractivity contribution in [3.05, 3.63) is 21.9 Å². The number of ether oxygens (including phenoxy) is 1. The second kappa shape index (κ2) is 9.53. The first kappa shape index (κ1) is 19.4. The van der Waals surface area contributed by atoms with Gasteiger partial charge in [-0.05, 0) is 82.5 Å². The van der Waals surface area contributed by atoms with Crippen molar-refractivity contribution in [2.45, 2.75) is 70.4 Å². The molecule has 0 spiro atoms. The van der Waals surface area contributed by atoms with Crippen LogP contribution in [0.2, 0.25) is 0 Å². The Hall–Kier alpha value is -0.910. The van der Waals surface area contributed by atoms with E-state index in [4.69, 9.17) is 4.74 Å². The topological polar surface area (TPSA) is 32.8 Å². The predicted molar refractivity (Wildman–Crippen MR) is 110 cm³/mol. The number of thiophene rings is 1. The maximum Gasteiger partial charge on any atom is 0.222 e. The van der Waals surface area contributed by atoms with E-state index < -0.39 is 0 Å². The predicted octanol–water partition coefficient (Wildman–Crippen LogP) is 4.60. The standard InChI is InChI=1S/C22H34N2O2S/c25-22(24-12-2-3-13-24)9-6-18-10-14-23(15-11-18)17-19-7-8-21(27-19)20-5-1-4-16-26-20/h7-8,18,20H,1-6,9-17H2. The van der Waals surface area contributed by atoms with Crippen molar-refractivity contribution in [1.82, 2.24) is 9.80 Å². The van der Waals surface area contributed by atoms with Gasteiger partial charge in [0.2, 0.25) is 5.91 Å². The molecular formula is C22H34N2O2S. The van der Waals surface area contributed by atoms with Crippen LogP contribution in [0.4, 0.5) is 0 Å². The summed E-state index contributed by atoms with van der Waals surface area (Å²) in [6, 6.07) is 4.59. The number of hydrogen-bond donors (Lipinski definition) is 0. The molecule has 1 amide bonds. The summed E-state index contributed by atoms with van der Waals surface area (Å²) in [7, 11) is 0. The number of nitrogens with zero attached hydrogens (tertiary/aromatic N) is 2. The lowest BCUT2D eigenvalue weighted by Crippen LogP contribution is -2.34. The van der Waals surface area contributed by atoms with Gasteiger partial charge in [0.1, 0.15) is 0 Å². The minimum absolute atomic E-state index is 0.344. The normalized spacial score (nSPS) is 25.2. The van der Waals surface area contributed by atoms with E-state index in [0.717, 1.165) is 45.0 Å². The number of carbonyl (C=O) groups excluding carboxylic acids is 1. The summed E-state index contributed by atoms with van der Waals surface area (Å²) in [5, 5.41) is 0. The molecule has 4 nitrogen and oxygen atoms in total. The van der Waals surface area contributed by atoms with Crippen LogP contribution in [0.5, 0.6) is 0 Å². The van der Waals surface area contributed by atoms with Gasteiger partial charge in [-0.25, -0.2) is 0 Å². The van der Waals surface area contributed by atoms with Gasteiger partial charge in [0, 0.05) is 42.4 Å². The lowest BCUT2D eigenvalue weighted by Gasteiger charge is -2.31. The molecule has 4 heterocycles. The van der Waals surface area contributed by atoms with Gasteiger partial charge in [-0.1, -0.05) is 0 Å². The van der Waals surface area contributed by atoms with Crippen LogP contribution in [0, 0.1) is 5.92 Å². The molecule has 0 bridgehead atoms. The summed E-state index contributed by atoms with van der Waals surface area (Å²) in [6.07, 6.45) is 10.8. The zero-order chi connectivity index (χ0) is 18.5. The van der Waals surface area contributed by atoms with Gasteiger partial charge in [-0.15, -0.1) is 11.3 Å². The molecule has 3 fully saturated rings. The SMILES string of the molecule is O=C(CCC1CCN(Cc2ccc(C3CCCCO3)s2)CC1)N1CCCC1. The van der Waals surface area contributed by atoms with Crippen LogP contribution in [0.15, 0.2) is 12.1 Å². The largest absolute Gasteiger partial charge is 0.373 e. The highest BCUT2D eigenvalue weighted by Crippen LogP contribution is 2.33. The highest BCUT2D eigenvalue weighted by atomic mass is 32.1. The van der Waals surface area contributed by atoms with Gasteiger partial charge < -0.3 is 9.64 Å². The van der Waals surface area contributed by atoms with Crippen molar-refractivity contribution in [1.29, 1.82) is 0 Å². The van der Waals surface area contributed by atoms with Crippen LogP contribution in [0.1, 0.15) is 73.6 Å². The average Bonchev–Trinajstić information content (AvgIpc) is 3.40. The lowest BCUT2D eigenvalue weighted by molar-refractivity contribution is -0.130. The van der Waals surface area contributed by atoms with Crippen molar-refractivity contribution in [2.24, 2.45) is 5.92 Å². The molecule has 4 rings (SSSR count). The van der Waals surface area contributed by atoms with E-state index >= 15 is 0 Å². The van der Waals surface area contributed by atoms with Gasteiger partial charge in [-0.2, -0.15) is 0 Å². The van der Waals surface area contributed by atoms with E-state index in [2.05, 4.69) is 21.9 Å². The molecule has 1 aromatic rings. The third-order valence-corrected chi connectivity index (χ3v) is 7.65. The van der Waals surface area contributed by atoms with E-state index in [1.165, 1.54) is 67.8 Å². The molecule has 3 saturated heterocycles. The average molecular weight is 391 g/mol. The van der Waals surface area contributed by atoms with Crippen LogP contribution in [-0.4, -0.2) is 48.5 Å². The van der Waals surface area contributed by atoms with Gasteiger partial charge in [0.25, 0.3) is 0 Å². The summed E-state index contributed by atoms with van der Waals surface area (Å²) in [6.45, 7) is 6.34. The molecule has 3 aliphatic rings. The fraction of sp³-hybridized carbons (Fsp3) is 0.773.